The van der Waals surface area contributed by atoms with Gasteiger partial charge in [-0.1, -0.05) is 6.07 Å². The Labute approximate surface area is 101 Å². The van der Waals surface area contributed by atoms with E-state index in [4.69, 9.17) is 9.47 Å². The maximum absolute atomic E-state index is 13.4. The van der Waals surface area contributed by atoms with Gasteiger partial charge in [0.25, 0.3) is 0 Å². The number of hydrogen-bond donors (Lipinski definition) is 1. The molecule has 96 valence electrons. The Morgan fingerprint density at radius 1 is 1.35 bits per heavy atom. The van der Waals surface area contributed by atoms with Crippen molar-refractivity contribution in [1.29, 1.82) is 0 Å². The van der Waals surface area contributed by atoms with Crippen LogP contribution in [0, 0.1) is 5.82 Å². The van der Waals surface area contributed by atoms with Gasteiger partial charge in [0.2, 0.25) is 0 Å². The van der Waals surface area contributed by atoms with E-state index in [-0.39, 0.29) is 18.0 Å². The average molecular weight is 242 g/mol. The molecule has 0 aliphatic carbocycles. The normalized spacial score (nSPS) is 13.5. The topological polar surface area (TPSA) is 38.7 Å². The predicted molar refractivity (Wildman–Crippen MR) is 63.6 cm³/mol. The van der Waals surface area contributed by atoms with Crippen molar-refractivity contribution in [2.75, 3.05) is 13.7 Å². The first kappa shape index (κ1) is 13.9. The molecule has 3 nitrogen and oxygen atoms in total. The number of rotatable bonds is 4. The minimum absolute atomic E-state index is 0.134. The van der Waals surface area contributed by atoms with Gasteiger partial charge in [-0.15, -0.1) is 0 Å². The minimum Gasteiger partial charge on any atom is -0.494 e. The second-order valence-electron chi connectivity index (χ2n) is 4.83. The number of aliphatic hydroxyl groups is 1. The van der Waals surface area contributed by atoms with Crippen molar-refractivity contribution in [3.63, 3.8) is 0 Å². The molecule has 0 aromatic heterocycles. The molecule has 0 radical (unpaired) electrons. The minimum atomic E-state index is -0.838. The summed E-state index contributed by atoms with van der Waals surface area (Å²) in [5.41, 5.74) is 0.152. The summed E-state index contributed by atoms with van der Waals surface area (Å²) < 4.78 is 23.7. The van der Waals surface area contributed by atoms with Gasteiger partial charge < -0.3 is 14.6 Å². The van der Waals surface area contributed by atoms with Crippen LogP contribution in [0.1, 0.15) is 32.4 Å². The van der Waals surface area contributed by atoms with E-state index < -0.39 is 11.9 Å². The zero-order valence-corrected chi connectivity index (χ0v) is 10.7. The maximum atomic E-state index is 13.4. The molecule has 0 saturated heterocycles. The lowest BCUT2D eigenvalue weighted by atomic mass is 10.1. The zero-order chi connectivity index (χ0) is 13.1. The number of ether oxygens (including phenoxy) is 2. The highest BCUT2D eigenvalue weighted by Crippen LogP contribution is 2.23. The Morgan fingerprint density at radius 3 is 2.47 bits per heavy atom. The van der Waals surface area contributed by atoms with E-state index >= 15 is 0 Å². The molecule has 0 saturated carbocycles. The van der Waals surface area contributed by atoms with Gasteiger partial charge in [0.05, 0.1) is 19.3 Å². The summed E-state index contributed by atoms with van der Waals surface area (Å²) in [5.74, 6) is -0.322. The van der Waals surface area contributed by atoms with Crippen LogP contribution in [0.2, 0.25) is 0 Å². The first-order chi connectivity index (χ1) is 7.83. The van der Waals surface area contributed by atoms with Crippen molar-refractivity contribution in [2.45, 2.75) is 32.5 Å². The van der Waals surface area contributed by atoms with Crippen molar-refractivity contribution >= 4 is 0 Å². The third kappa shape index (κ3) is 4.32. The molecule has 0 fully saturated rings. The van der Waals surface area contributed by atoms with Gasteiger partial charge in [-0.05, 0) is 38.5 Å². The largest absolute Gasteiger partial charge is 0.494 e. The Balaban J connectivity index is 2.69. The fourth-order valence-electron chi connectivity index (χ4n) is 1.32. The molecule has 0 heterocycles. The lowest BCUT2D eigenvalue weighted by molar-refractivity contribution is -0.0496. The highest BCUT2D eigenvalue weighted by atomic mass is 19.1. The van der Waals surface area contributed by atoms with Crippen LogP contribution < -0.4 is 4.74 Å². The highest BCUT2D eigenvalue weighted by Gasteiger charge is 2.16. The molecule has 4 heteroatoms. The van der Waals surface area contributed by atoms with Crippen molar-refractivity contribution in [3.8, 4) is 5.75 Å². The first-order valence-corrected chi connectivity index (χ1v) is 5.49. The lowest BCUT2D eigenvalue weighted by Crippen LogP contribution is -2.22. The molecule has 0 aliphatic rings. The SMILES string of the molecule is COc1ccc(C(O)COC(C)(C)C)cc1F. The molecule has 1 N–H and O–H groups in total. The quantitative estimate of drug-likeness (QED) is 0.882. The number of methoxy groups -OCH3 is 1. The highest BCUT2D eigenvalue weighted by molar-refractivity contribution is 5.30. The van der Waals surface area contributed by atoms with Crippen LogP contribution in [0.3, 0.4) is 0 Å². The van der Waals surface area contributed by atoms with Gasteiger partial charge in [-0.25, -0.2) is 4.39 Å². The summed E-state index contributed by atoms with van der Waals surface area (Å²) in [6, 6.07) is 4.37. The van der Waals surface area contributed by atoms with Gasteiger partial charge in [0, 0.05) is 0 Å². The Kier molecular flexibility index (Phi) is 4.48. The Hall–Kier alpha value is -1.13. The van der Waals surface area contributed by atoms with Crippen LogP contribution in [0.4, 0.5) is 4.39 Å². The van der Waals surface area contributed by atoms with E-state index in [1.807, 2.05) is 20.8 Å². The van der Waals surface area contributed by atoms with Crippen molar-refractivity contribution in [2.24, 2.45) is 0 Å². The zero-order valence-electron chi connectivity index (χ0n) is 10.7. The van der Waals surface area contributed by atoms with E-state index in [1.165, 1.54) is 19.2 Å². The standard InChI is InChI=1S/C13H19FO3/c1-13(2,3)17-8-11(15)9-5-6-12(16-4)10(14)7-9/h5-7,11,15H,8H2,1-4H3. The van der Waals surface area contributed by atoms with E-state index in [1.54, 1.807) is 6.07 Å². The van der Waals surface area contributed by atoms with Crippen molar-refractivity contribution in [3.05, 3.63) is 29.6 Å². The van der Waals surface area contributed by atoms with Gasteiger partial charge in [-0.2, -0.15) is 0 Å². The van der Waals surface area contributed by atoms with Gasteiger partial charge in [0.15, 0.2) is 11.6 Å². The van der Waals surface area contributed by atoms with Crippen LogP contribution in [-0.2, 0) is 4.74 Å². The molecule has 1 atom stereocenters. The Bertz CT molecular complexity index is 371. The predicted octanol–water partition coefficient (Wildman–Crippen LogP) is 2.68. The smallest absolute Gasteiger partial charge is 0.165 e. The van der Waals surface area contributed by atoms with Crippen LogP contribution in [0.5, 0.6) is 5.75 Å². The summed E-state index contributed by atoms with van der Waals surface area (Å²) >= 11 is 0. The van der Waals surface area contributed by atoms with Gasteiger partial charge in [-0.3, -0.25) is 0 Å². The molecule has 0 spiro atoms. The first-order valence-electron chi connectivity index (χ1n) is 5.49. The fourth-order valence-corrected chi connectivity index (χ4v) is 1.32. The fraction of sp³-hybridized carbons (Fsp3) is 0.538. The van der Waals surface area contributed by atoms with Crippen LogP contribution in [0.15, 0.2) is 18.2 Å². The van der Waals surface area contributed by atoms with E-state index in [0.717, 1.165) is 0 Å². The molecule has 17 heavy (non-hydrogen) atoms. The van der Waals surface area contributed by atoms with Crippen LogP contribution in [0.25, 0.3) is 0 Å². The van der Waals surface area contributed by atoms with Crippen molar-refractivity contribution < 1.29 is 19.0 Å². The van der Waals surface area contributed by atoms with Crippen LogP contribution in [-0.4, -0.2) is 24.4 Å². The Morgan fingerprint density at radius 2 is 2.00 bits per heavy atom. The van der Waals surface area contributed by atoms with E-state index in [0.29, 0.717) is 5.56 Å². The monoisotopic (exact) mass is 242 g/mol. The molecule has 1 aromatic rings. The second-order valence-corrected chi connectivity index (χ2v) is 4.83. The average Bonchev–Trinajstić information content (AvgIpc) is 2.24. The summed E-state index contributed by atoms with van der Waals surface area (Å²) in [4.78, 5) is 0. The number of aliphatic hydroxyl groups excluding tert-OH is 1. The molecule has 1 rings (SSSR count). The molecule has 0 amide bonds. The van der Waals surface area contributed by atoms with Gasteiger partial charge >= 0.3 is 0 Å². The summed E-state index contributed by atoms with van der Waals surface area (Å²) in [5, 5.41) is 9.84. The summed E-state index contributed by atoms with van der Waals surface area (Å²) in [6.45, 7) is 5.83. The van der Waals surface area contributed by atoms with E-state index in [9.17, 15) is 9.50 Å². The molecule has 0 aliphatic heterocycles. The molecule has 0 bridgehead atoms. The number of halogens is 1. The second kappa shape index (κ2) is 5.47. The summed E-state index contributed by atoms with van der Waals surface area (Å²) in [7, 11) is 1.40. The lowest BCUT2D eigenvalue weighted by Gasteiger charge is -2.22. The summed E-state index contributed by atoms with van der Waals surface area (Å²) in [6.07, 6.45) is -0.838. The number of hydrogen-bond acceptors (Lipinski definition) is 3. The number of benzene rings is 1. The molecule has 1 unspecified atom stereocenters. The van der Waals surface area contributed by atoms with E-state index in [2.05, 4.69) is 0 Å². The molecular weight excluding hydrogens is 223 g/mol. The third-order valence-electron chi connectivity index (χ3n) is 2.23. The molecule has 1 aromatic carbocycles. The van der Waals surface area contributed by atoms with Gasteiger partial charge in [0.1, 0.15) is 6.10 Å². The third-order valence-corrected chi connectivity index (χ3v) is 2.23. The van der Waals surface area contributed by atoms with Crippen LogP contribution >= 0.6 is 0 Å². The maximum Gasteiger partial charge on any atom is 0.165 e. The van der Waals surface area contributed by atoms with Crippen molar-refractivity contribution in [1.82, 2.24) is 0 Å². The molecular formula is C13H19FO3.